The van der Waals surface area contributed by atoms with Crippen LogP contribution in [-0.4, -0.2) is 90.4 Å². The van der Waals surface area contributed by atoms with E-state index in [0.29, 0.717) is 0 Å². The molecule has 1 aromatic rings. The van der Waals surface area contributed by atoms with Crippen molar-refractivity contribution < 1.29 is 33.8 Å². The van der Waals surface area contributed by atoms with E-state index in [-0.39, 0.29) is 49.0 Å². The summed E-state index contributed by atoms with van der Waals surface area (Å²) in [4.78, 5) is 61.1. The van der Waals surface area contributed by atoms with Crippen LogP contribution < -0.4 is 10.6 Å². The standard InChI is InChI=1S/C18H21N5O7.ClH/c1-30-18(29)21-16(19)11-4-2-3-5-12(11)17(28)20-8-13(24)22-6-7-23(10-15(26)27)14(25)9-22;/h2-5H,6-10H2,1H3,(H,20,28)(H,26,27)(H2,19,21,29);1H. The lowest BCUT2D eigenvalue weighted by molar-refractivity contribution is -0.150. The number of amidine groups is 1. The number of carbonyl (C=O) groups is 5. The summed E-state index contributed by atoms with van der Waals surface area (Å²) in [6.07, 6.45) is -0.864. The average molecular weight is 456 g/mol. The fourth-order valence-electron chi connectivity index (χ4n) is 2.73. The minimum Gasteiger partial charge on any atom is -0.480 e. The summed E-state index contributed by atoms with van der Waals surface area (Å²) in [5.74, 6) is -3.13. The molecule has 168 valence electrons. The highest BCUT2D eigenvalue weighted by Crippen LogP contribution is 2.09. The Kier molecular flexibility index (Phi) is 9.41. The van der Waals surface area contributed by atoms with Crippen molar-refractivity contribution in [2.45, 2.75) is 0 Å². The molecule has 0 spiro atoms. The van der Waals surface area contributed by atoms with Gasteiger partial charge >= 0.3 is 12.1 Å². The second-order valence-electron chi connectivity index (χ2n) is 6.24. The number of carboxylic acid groups (broad SMARTS) is 1. The summed E-state index contributed by atoms with van der Waals surface area (Å²) in [7, 11) is 1.14. The van der Waals surface area contributed by atoms with Gasteiger partial charge in [-0.25, -0.2) is 4.79 Å². The van der Waals surface area contributed by atoms with Crippen molar-refractivity contribution in [3.8, 4) is 0 Å². The minimum absolute atomic E-state index is 0. The van der Waals surface area contributed by atoms with Gasteiger partial charge in [0.15, 0.2) is 0 Å². The largest absolute Gasteiger partial charge is 0.480 e. The highest BCUT2D eigenvalue weighted by Gasteiger charge is 2.28. The molecular weight excluding hydrogens is 434 g/mol. The first-order chi connectivity index (χ1) is 14.2. The lowest BCUT2D eigenvalue weighted by atomic mass is 10.1. The van der Waals surface area contributed by atoms with Crippen LogP contribution in [0.4, 0.5) is 4.79 Å². The molecule has 0 aliphatic carbocycles. The molecule has 1 aliphatic heterocycles. The van der Waals surface area contributed by atoms with Crippen LogP contribution in [0.3, 0.4) is 0 Å². The molecule has 13 heteroatoms. The number of halogens is 1. The smallest absolute Gasteiger partial charge is 0.412 e. The van der Waals surface area contributed by atoms with Crippen LogP contribution in [0.15, 0.2) is 24.3 Å². The summed E-state index contributed by atoms with van der Waals surface area (Å²) >= 11 is 0. The third kappa shape index (κ3) is 6.96. The lowest BCUT2D eigenvalue weighted by Crippen LogP contribution is -2.55. The molecule has 0 saturated carbocycles. The van der Waals surface area contributed by atoms with Gasteiger partial charge < -0.3 is 25.0 Å². The average Bonchev–Trinajstić information content (AvgIpc) is 2.72. The first-order valence-corrected chi connectivity index (χ1v) is 8.81. The number of amides is 4. The SMILES string of the molecule is COC(=O)NC(=N)c1ccccc1C(=O)NCC(=O)N1CCN(CC(=O)O)C(=O)C1.Cl. The van der Waals surface area contributed by atoms with Crippen LogP contribution in [0.25, 0.3) is 0 Å². The number of nitrogens with zero attached hydrogens (tertiary/aromatic N) is 2. The zero-order valence-electron chi connectivity index (χ0n) is 16.5. The summed E-state index contributed by atoms with van der Waals surface area (Å²) < 4.78 is 4.42. The van der Waals surface area contributed by atoms with Crippen molar-refractivity contribution in [3.63, 3.8) is 0 Å². The number of nitrogens with one attached hydrogen (secondary N) is 3. The van der Waals surface area contributed by atoms with Gasteiger partial charge in [0.25, 0.3) is 5.91 Å². The van der Waals surface area contributed by atoms with E-state index >= 15 is 0 Å². The summed E-state index contributed by atoms with van der Waals surface area (Å²) in [6, 6.07) is 6.02. The van der Waals surface area contributed by atoms with Crippen molar-refractivity contribution in [2.75, 3.05) is 39.8 Å². The maximum Gasteiger partial charge on any atom is 0.412 e. The molecule has 1 heterocycles. The first kappa shape index (κ1) is 25.4. The molecular formula is C18H22ClN5O7. The molecule has 0 unspecified atom stereocenters. The highest BCUT2D eigenvalue weighted by molar-refractivity contribution is 6.12. The zero-order chi connectivity index (χ0) is 22.3. The Labute approximate surface area is 183 Å². The topological polar surface area (TPSA) is 169 Å². The van der Waals surface area contributed by atoms with Gasteiger partial charge in [-0.05, 0) is 6.07 Å². The Hall–Kier alpha value is -3.67. The van der Waals surface area contributed by atoms with Crippen LogP contribution in [0, 0.1) is 5.41 Å². The number of carboxylic acids is 1. The number of methoxy groups -OCH3 is 1. The molecule has 0 radical (unpaired) electrons. The van der Waals surface area contributed by atoms with Crippen molar-refractivity contribution in [3.05, 3.63) is 35.4 Å². The third-order valence-corrected chi connectivity index (χ3v) is 4.25. The molecule has 1 fully saturated rings. The molecule has 0 atom stereocenters. The molecule has 0 aromatic heterocycles. The number of hydrogen-bond acceptors (Lipinski definition) is 7. The second kappa shape index (κ2) is 11.5. The van der Waals surface area contributed by atoms with E-state index in [4.69, 9.17) is 10.5 Å². The summed E-state index contributed by atoms with van der Waals surface area (Å²) in [5, 5.41) is 21.3. The number of alkyl carbamates (subject to hydrolysis) is 1. The molecule has 1 saturated heterocycles. The summed E-state index contributed by atoms with van der Waals surface area (Å²) in [6.45, 7) is -0.856. The maximum absolute atomic E-state index is 12.5. The van der Waals surface area contributed by atoms with Gasteiger partial charge in [0, 0.05) is 18.7 Å². The number of hydrogen-bond donors (Lipinski definition) is 4. The number of aliphatic carboxylic acids is 1. The molecule has 1 aliphatic rings. The maximum atomic E-state index is 12.5. The Morgan fingerprint density at radius 2 is 1.81 bits per heavy atom. The number of rotatable bonds is 6. The molecule has 31 heavy (non-hydrogen) atoms. The number of benzene rings is 1. The zero-order valence-corrected chi connectivity index (χ0v) is 17.4. The number of carbonyl (C=O) groups excluding carboxylic acids is 4. The molecule has 0 bridgehead atoms. The van der Waals surface area contributed by atoms with Gasteiger partial charge in [-0.2, -0.15) is 0 Å². The predicted molar refractivity (Wildman–Crippen MR) is 109 cm³/mol. The van der Waals surface area contributed by atoms with Crippen molar-refractivity contribution >= 4 is 48.0 Å². The van der Waals surface area contributed by atoms with E-state index in [9.17, 15) is 24.0 Å². The van der Waals surface area contributed by atoms with Gasteiger partial charge in [0.2, 0.25) is 11.8 Å². The Morgan fingerprint density at radius 3 is 2.39 bits per heavy atom. The van der Waals surface area contributed by atoms with E-state index in [2.05, 4.69) is 15.4 Å². The molecule has 12 nitrogen and oxygen atoms in total. The monoisotopic (exact) mass is 455 g/mol. The van der Waals surface area contributed by atoms with Crippen LogP contribution in [0.1, 0.15) is 15.9 Å². The first-order valence-electron chi connectivity index (χ1n) is 8.81. The molecule has 2 rings (SSSR count). The van der Waals surface area contributed by atoms with Crippen LogP contribution in [0.5, 0.6) is 0 Å². The van der Waals surface area contributed by atoms with E-state index in [1.165, 1.54) is 17.0 Å². The van der Waals surface area contributed by atoms with Gasteiger partial charge in [-0.1, -0.05) is 18.2 Å². The Balaban J connectivity index is 0.00000480. The highest BCUT2D eigenvalue weighted by atomic mass is 35.5. The number of piperazine rings is 1. The van der Waals surface area contributed by atoms with Crippen LogP contribution >= 0.6 is 12.4 Å². The molecule has 4 N–H and O–H groups in total. The predicted octanol–water partition coefficient (Wildman–Crippen LogP) is -0.725. The van der Waals surface area contributed by atoms with Gasteiger partial charge in [-0.15, -0.1) is 12.4 Å². The van der Waals surface area contributed by atoms with Gasteiger partial charge in [0.1, 0.15) is 12.4 Å². The van der Waals surface area contributed by atoms with Crippen LogP contribution in [0.2, 0.25) is 0 Å². The minimum atomic E-state index is -1.14. The fraction of sp³-hybridized carbons (Fsp3) is 0.333. The van der Waals surface area contributed by atoms with E-state index in [1.807, 2.05) is 0 Å². The van der Waals surface area contributed by atoms with Crippen molar-refractivity contribution in [1.82, 2.24) is 20.4 Å². The number of ether oxygens (including phenoxy) is 1. The van der Waals surface area contributed by atoms with Crippen molar-refractivity contribution in [2.24, 2.45) is 0 Å². The Morgan fingerprint density at radius 1 is 1.16 bits per heavy atom. The fourth-order valence-corrected chi connectivity index (χ4v) is 2.73. The summed E-state index contributed by atoms with van der Waals surface area (Å²) in [5.41, 5.74) is 0.194. The third-order valence-electron chi connectivity index (χ3n) is 4.25. The van der Waals surface area contributed by atoms with Gasteiger partial charge in [-0.3, -0.25) is 29.9 Å². The quantitative estimate of drug-likeness (QED) is 0.324. The van der Waals surface area contributed by atoms with Crippen LogP contribution in [-0.2, 0) is 19.1 Å². The Bertz CT molecular complexity index is 892. The molecule has 4 amide bonds. The van der Waals surface area contributed by atoms with Gasteiger partial charge in [0.05, 0.1) is 25.8 Å². The van der Waals surface area contributed by atoms with Crippen molar-refractivity contribution in [1.29, 1.82) is 5.41 Å². The lowest BCUT2D eigenvalue weighted by Gasteiger charge is -2.33. The second-order valence-corrected chi connectivity index (χ2v) is 6.24. The van der Waals surface area contributed by atoms with E-state index in [0.717, 1.165) is 12.0 Å². The normalized spacial score (nSPS) is 13.0. The van der Waals surface area contributed by atoms with E-state index in [1.54, 1.807) is 12.1 Å². The molecule has 1 aromatic carbocycles. The van der Waals surface area contributed by atoms with E-state index < -0.39 is 42.9 Å².